The molecule has 2 aromatic carbocycles. The normalized spacial score (nSPS) is 20.5. The Morgan fingerprint density at radius 2 is 1.85 bits per heavy atom. The molecule has 1 saturated heterocycles. The van der Waals surface area contributed by atoms with E-state index in [-0.39, 0.29) is 23.8 Å². The standard InChI is InChI=1S/C26H26ClN3O2S/c1-29-12-11-18-13-19(7-8-20(18)14-29)26(32)30-15-21(17-5-3-2-4-6-17)22(16-30)28-25(31)23-9-10-24(27)33-23/h2-10,13,21-22H,11-12,14-16H2,1H3,(H,28,31). The van der Waals surface area contributed by atoms with Crippen LogP contribution in [0, 0.1) is 0 Å². The summed E-state index contributed by atoms with van der Waals surface area (Å²) in [6.07, 6.45) is 0.960. The zero-order valence-electron chi connectivity index (χ0n) is 18.5. The summed E-state index contributed by atoms with van der Waals surface area (Å²) in [7, 11) is 2.12. The molecule has 1 N–H and O–H groups in total. The molecule has 0 radical (unpaired) electrons. The van der Waals surface area contributed by atoms with Crippen LogP contribution in [0.15, 0.2) is 60.7 Å². The molecule has 0 saturated carbocycles. The molecule has 1 aromatic heterocycles. The van der Waals surface area contributed by atoms with Crippen molar-refractivity contribution in [2.45, 2.75) is 24.9 Å². The van der Waals surface area contributed by atoms with Gasteiger partial charge in [-0.15, -0.1) is 11.3 Å². The van der Waals surface area contributed by atoms with Crippen LogP contribution in [-0.2, 0) is 13.0 Å². The summed E-state index contributed by atoms with van der Waals surface area (Å²) in [5, 5.41) is 3.16. The molecule has 3 heterocycles. The average molecular weight is 480 g/mol. The number of likely N-dealkylation sites (N-methyl/N-ethyl adjacent to an activating group) is 1. The Labute approximate surface area is 203 Å². The number of likely N-dealkylation sites (tertiary alicyclic amines) is 1. The molecular weight excluding hydrogens is 454 g/mol. The minimum absolute atomic E-state index is 0.0218. The van der Waals surface area contributed by atoms with Gasteiger partial charge in [0.1, 0.15) is 0 Å². The van der Waals surface area contributed by atoms with Gasteiger partial charge in [-0.05, 0) is 54.4 Å². The van der Waals surface area contributed by atoms with E-state index in [1.54, 1.807) is 12.1 Å². The van der Waals surface area contributed by atoms with Crippen LogP contribution >= 0.6 is 22.9 Å². The van der Waals surface area contributed by atoms with Crippen molar-refractivity contribution in [3.8, 4) is 0 Å². The fourth-order valence-electron chi connectivity index (χ4n) is 4.84. The second-order valence-corrected chi connectivity index (χ2v) is 10.6. The first-order valence-corrected chi connectivity index (χ1v) is 12.4. The van der Waals surface area contributed by atoms with Crippen molar-refractivity contribution in [2.24, 2.45) is 0 Å². The number of carbonyl (C=O) groups excluding carboxylic acids is 2. The lowest BCUT2D eigenvalue weighted by atomic mass is 9.94. The van der Waals surface area contributed by atoms with Gasteiger partial charge in [0.25, 0.3) is 11.8 Å². The van der Waals surface area contributed by atoms with E-state index in [0.717, 1.165) is 30.6 Å². The second-order valence-electron chi connectivity index (χ2n) is 8.88. The van der Waals surface area contributed by atoms with E-state index in [9.17, 15) is 9.59 Å². The largest absolute Gasteiger partial charge is 0.346 e. The highest BCUT2D eigenvalue weighted by atomic mass is 35.5. The average Bonchev–Trinajstić information content (AvgIpc) is 3.45. The molecule has 1 fully saturated rings. The monoisotopic (exact) mass is 479 g/mol. The van der Waals surface area contributed by atoms with Gasteiger partial charge in [-0.3, -0.25) is 9.59 Å². The zero-order valence-corrected chi connectivity index (χ0v) is 20.0. The molecule has 3 aromatic rings. The quantitative estimate of drug-likeness (QED) is 0.602. The van der Waals surface area contributed by atoms with Crippen LogP contribution in [0.4, 0.5) is 0 Å². The zero-order chi connectivity index (χ0) is 22.9. The highest BCUT2D eigenvalue weighted by Crippen LogP contribution is 2.30. The van der Waals surface area contributed by atoms with E-state index in [1.807, 2.05) is 29.2 Å². The van der Waals surface area contributed by atoms with Gasteiger partial charge in [0, 0.05) is 37.7 Å². The molecule has 0 spiro atoms. The van der Waals surface area contributed by atoms with E-state index in [0.29, 0.717) is 22.3 Å². The highest BCUT2D eigenvalue weighted by molar-refractivity contribution is 7.18. The van der Waals surface area contributed by atoms with Gasteiger partial charge in [-0.25, -0.2) is 0 Å². The number of hydrogen-bond donors (Lipinski definition) is 1. The number of nitrogens with one attached hydrogen (secondary N) is 1. The van der Waals surface area contributed by atoms with Gasteiger partial charge in [0.2, 0.25) is 0 Å². The van der Waals surface area contributed by atoms with Gasteiger partial charge in [-0.1, -0.05) is 48.0 Å². The Balaban J connectivity index is 1.37. The third-order valence-corrected chi connectivity index (χ3v) is 7.83. The predicted molar refractivity (Wildman–Crippen MR) is 132 cm³/mol. The van der Waals surface area contributed by atoms with Gasteiger partial charge in [-0.2, -0.15) is 0 Å². The number of thiophene rings is 1. The van der Waals surface area contributed by atoms with Crippen molar-refractivity contribution >= 4 is 34.8 Å². The molecule has 170 valence electrons. The molecule has 2 unspecified atom stereocenters. The number of carbonyl (C=O) groups is 2. The highest BCUT2D eigenvalue weighted by Gasteiger charge is 2.37. The van der Waals surface area contributed by atoms with Crippen molar-refractivity contribution in [3.05, 3.63) is 92.1 Å². The van der Waals surface area contributed by atoms with E-state index >= 15 is 0 Å². The van der Waals surface area contributed by atoms with Crippen LogP contribution in [0.2, 0.25) is 4.34 Å². The van der Waals surface area contributed by atoms with Crippen molar-refractivity contribution in [2.75, 3.05) is 26.7 Å². The Bertz CT molecular complexity index is 1180. The van der Waals surface area contributed by atoms with Gasteiger partial charge < -0.3 is 15.1 Å². The van der Waals surface area contributed by atoms with Gasteiger partial charge >= 0.3 is 0 Å². The van der Waals surface area contributed by atoms with Crippen LogP contribution < -0.4 is 5.32 Å². The Hall–Kier alpha value is -2.67. The van der Waals surface area contributed by atoms with Crippen LogP contribution in [-0.4, -0.2) is 54.3 Å². The van der Waals surface area contributed by atoms with Gasteiger partial charge in [0.05, 0.1) is 15.3 Å². The van der Waals surface area contributed by atoms with Crippen LogP contribution in [0.5, 0.6) is 0 Å². The minimum Gasteiger partial charge on any atom is -0.346 e. The molecule has 5 nitrogen and oxygen atoms in total. The number of hydrogen-bond acceptors (Lipinski definition) is 4. The Morgan fingerprint density at radius 3 is 2.61 bits per heavy atom. The third-order valence-electron chi connectivity index (χ3n) is 6.60. The smallest absolute Gasteiger partial charge is 0.261 e. The van der Waals surface area contributed by atoms with Gasteiger partial charge in [0.15, 0.2) is 0 Å². The molecule has 2 atom stereocenters. The molecule has 2 aliphatic heterocycles. The number of halogens is 1. The molecular formula is C26H26ClN3O2S. The van der Waals surface area contributed by atoms with E-state index in [4.69, 9.17) is 11.6 Å². The minimum atomic E-state index is -0.170. The summed E-state index contributed by atoms with van der Waals surface area (Å²) < 4.78 is 0.585. The molecule has 2 amide bonds. The Kier molecular flexibility index (Phi) is 6.23. The van der Waals surface area contributed by atoms with Crippen molar-refractivity contribution in [1.82, 2.24) is 15.1 Å². The topological polar surface area (TPSA) is 52.7 Å². The molecule has 0 aliphatic carbocycles. The summed E-state index contributed by atoms with van der Waals surface area (Å²) in [6, 6.07) is 19.5. The lowest BCUT2D eigenvalue weighted by Crippen LogP contribution is -2.40. The summed E-state index contributed by atoms with van der Waals surface area (Å²) in [5.41, 5.74) is 4.40. The maximum atomic E-state index is 13.5. The molecule has 5 rings (SSSR count). The fourth-order valence-corrected chi connectivity index (χ4v) is 5.79. The summed E-state index contributed by atoms with van der Waals surface area (Å²) in [6.45, 7) is 2.97. The summed E-state index contributed by atoms with van der Waals surface area (Å²) in [5.74, 6) is -0.0978. The molecule has 7 heteroatoms. The molecule has 2 aliphatic rings. The number of benzene rings is 2. The van der Waals surface area contributed by atoms with E-state index < -0.39 is 0 Å². The third kappa shape index (κ3) is 4.69. The Morgan fingerprint density at radius 1 is 1.03 bits per heavy atom. The first-order chi connectivity index (χ1) is 16.0. The van der Waals surface area contributed by atoms with Crippen LogP contribution in [0.1, 0.15) is 42.6 Å². The first kappa shape index (κ1) is 22.1. The van der Waals surface area contributed by atoms with E-state index in [1.165, 1.54) is 22.5 Å². The van der Waals surface area contributed by atoms with Crippen molar-refractivity contribution < 1.29 is 9.59 Å². The number of fused-ring (bicyclic) bond motifs is 1. The first-order valence-electron chi connectivity index (χ1n) is 11.2. The molecule has 0 bridgehead atoms. The lowest BCUT2D eigenvalue weighted by molar-refractivity contribution is 0.0782. The second kappa shape index (κ2) is 9.29. The maximum Gasteiger partial charge on any atom is 0.261 e. The van der Waals surface area contributed by atoms with Crippen molar-refractivity contribution in [3.63, 3.8) is 0 Å². The fraction of sp³-hybridized carbons (Fsp3) is 0.308. The number of rotatable bonds is 4. The maximum absolute atomic E-state index is 13.5. The predicted octanol–water partition coefficient (Wildman–Crippen LogP) is 4.43. The summed E-state index contributed by atoms with van der Waals surface area (Å²) in [4.78, 5) is 31.1. The molecule has 33 heavy (non-hydrogen) atoms. The lowest BCUT2D eigenvalue weighted by Gasteiger charge is -2.25. The van der Waals surface area contributed by atoms with E-state index in [2.05, 4.69) is 41.5 Å². The number of nitrogens with zero attached hydrogens (tertiary/aromatic N) is 2. The SMILES string of the molecule is CN1CCc2cc(C(=O)N3CC(NC(=O)c4ccc(Cl)s4)C(c4ccccc4)C3)ccc2C1. The van der Waals surface area contributed by atoms with Crippen molar-refractivity contribution in [1.29, 1.82) is 0 Å². The number of amides is 2. The van der Waals surface area contributed by atoms with Crippen LogP contribution in [0.3, 0.4) is 0 Å². The van der Waals surface area contributed by atoms with Crippen LogP contribution in [0.25, 0.3) is 0 Å². The summed E-state index contributed by atoms with van der Waals surface area (Å²) >= 11 is 7.28.